The molecule has 0 bridgehead atoms. The number of ether oxygens (including phenoxy) is 2. The highest BCUT2D eigenvalue weighted by Gasteiger charge is 2.22. The first kappa shape index (κ1) is 19.8. The first-order valence-corrected chi connectivity index (χ1v) is 8.37. The minimum Gasteiger partial charge on any atom is -0.510 e. The molecule has 1 aromatic carbocycles. The van der Waals surface area contributed by atoms with Crippen LogP contribution in [0.4, 0.5) is 0 Å². The number of phenolic OH excluding ortho intramolecular Hbond substituents is 1. The number of aliphatic hydroxyl groups is 3. The number of carbonyl (C=O) groups is 1. The Morgan fingerprint density at radius 1 is 1.23 bits per heavy atom. The van der Waals surface area contributed by atoms with Gasteiger partial charge in [0.1, 0.15) is 28.9 Å². The summed E-state index contributed by atoms with van der Waals surface area (Å²) in [5, 5.41) is 40.0. The second-order valence-electron chi connectivity index (χ2n) is 6.18. The summed E-state index contributed by atoms with van der Waals surface area (Å²) in [7, 11) is 1.43. The van der Waals surface area contributed by atoms with Crippen molar-refractivity contribution in [1.29, 1.82) is 0 Å². The predicted molar refractivity (Wildman–Crippen MR) is 95.1 cm³/mol. The van der Waals surface area contributed by atoms with Gasteiger partial charge in [0, 0.05) is 6.07 Å². The number of methoxy groups -OCH3 is 1. The highest BCUT2D eigenvalue weighted by Crippen LogP contribution is 2.30. The fraction of sp³-hybridized carbons (Fsp3) is 0.421. The smallest absolute Gasteiger partial charge is 0.342 e. The average Bonchev–Trinajstić information content (AvgIpc) is 2.59. The van der Waals surface area contributed by atoms with E-state index >= 15 is 0 Å². The summed E-state index contributed by atoms with van der Waals surface area (Å²) in [6.07, 6.45) is 2.13. The van der Waals surface area contributed by atoms with Gasteiger partial charge in [-0.3, -0.25) is 0 Å². The molecule has 0 saturated carbocycles. The van der Waals surface area contributed by atoms with Crippen LogP contribution < -0.4 is 4.74 Å². The third kappa shape index (κ3) is 4.77. The Bertz CT molecular complexity index is 708. The van der Waals surface area contributed by atoms with Gasteiger partial charge in [0.05, 0.1) is 19.3 Å². The van der Waals surface area contributed by atoms with Crippen molar-refractivity contribution < 1.29 is 34.7 Å². The van der Waals surface area contributed by atoms with Crippen molar-refractivity contribution in [3.63, 3.8) is 0 Å². The van der Waals surface area contributed by atoms with Crippen LogP contribution in [0.25, 0.3) is 6.08 Å². The molecule has 3 atom stereocenters. The molecule has 0 fully saturated rings. The van der Waals surface area contributed by atoms with Gasteiger partial charge in [0.25, 0.3) is 0 Å². The zero-order chi connectivity index (χ0) is 19.3. The van der Waals surface area contributed by atoms with Crippen molar-refractivity contribution in [3.8, 4) is 11.5 Å². The second kappa shape index (κ2) is 8.73. The molecule has 0 saturated heterocycles. The van der Waals surface area contributed by atoms with Crippen molar-refractivity contribution in [2.75, 3.05) is 7.11 Å². The number of aromatic hydroxyl groups is 1. The van der Waals surface area contributed by atoms with Crippen LogP contribution in [0.1, 0.15) is 42.1 Å². The molecule has 1 aromatic rings. The minimum atomic E-state index is -1.40. The molecule has 4 N–H and O–H groups in total. The second-order valence-corrected chi connectivity index (χ2v) is 6.18. The fourth-order valence-electron chi connectivity index (χ4n) is 2.64. The van der Waals surface area contributed by atoms with E-state index < -0.39 is 24.3 Å². The van der Waals surface area contributed by atoms with Crippen LogP contribution in [0.3, 0.4) is 0 Å². The number of fused-ring (bicyclic) bond motifs is 1. The van der Waals surface area contributed by atoms with Crippen LogP contribution in [0.5, 0.6) is 11.5 Å². The Kier molecular flexibility index (Phi) is 6.65. The number of phenols is 1. The van der Waals surface area contributed by atoms with E-state index in [9.17, 15) is 25.2 Å². The Hall–Kier alpha value is -2.51. The van der Waals surface area contributed by atoms with E-state index in [1.54, 1.807) is 13.0 Å². The van der Waals surface area contributed by atoms with E-state index in [2.05, 4.69) is 0 Å². The number of esters is 1. The lowest BCUT2D eigenvalue weighted by Crippen LogP contribution is -2.27. The third-order valence-electron chi connectivity index (χ3n) is 4.14. The molecule has 0 aromatic heterocycles. The van der Waals surface area contributed by atoms with Gasteiger partial charge < -0.3 is 29.9 Å². The monoisotopic (exact) mass is 364 g/mol. The molecule has 2 rings (SSSR count). The van der Waals surface area contributed by atoms with Crippen LogP contribution in [-0.2, 0) is 4.74 Å². The standard InChI is InChI=1S/C19H24O7/c1-11-5-3-7-14(20)18(23)15(21)8-4-6-12-9-13(25-2)10-16(22)17(12)19(24)26-11/h4,6-7,9-11,15,18,20-23H,3,5,8H2,1-2H3/b6-4+,14-7-/t11-,15-,18+/m0/s1. The summed E-state index contributed by atoms with van der Waals surface area (Å²) in [4.78, 5) is 12.5. The summed E-state index contributed by atoms with van der Waals surface area (Å²) in [6.45, 7) is 1.69. The number of allylic oxidation sites excluding steroid dienone is 1. The first-order chi connectivity index (χ1) is 12.3. The molecule has 26 heavy (non-hydrogen) atoms. The molecule has 7 heteroatoms. The maximum absolute atomic E-state index is 12.5. The van der Waals surface area contributed by atoms with E-state index in [0.29, 0.717) is 24.2 Å². The molecule has 0 radical (unpaired) electrons. The molecule has 0 amide bonds. The van der Waals surface area contributed by atoms with Crippen molar-refractivity contribution in [2.45, 2.75) is 44.5 Å². The molecule has 0 unspecified atom stereocenters. The quantitative estimate of drug-likeness (QED) is 0.565. The molecule has 1 heterocycles. The van der Waals surface area contributed by atoms with Crippen LogP contribution in [-0.4, -0.2) is 51.8 Å². The van der Waals surface area contributed by atoms with Crippen LogP contribution >= 0.6 is 0 Å². The Labute approximate surface area is 151 Å². The van der Waals surface area contributed by atoms with E-state index in [1.807, 2.05) is 0 Å². The van der Waals surface area contributed by atoms with E-state index in [-0.39, 0.29) is 23.5 Å². The van der Waals surface area contributed by atoms with Gasteiger partial charge in [0.15, 0.2) is 0 Å². The van der Waals surface area contributed by atoms with Gasteiger partial charge in [-0.25, -0.2) is 4.79 Å². The average molecular weight is 364 g/mol. The zero-order valence-electron chi connectivity index (χ0n) is 14.8. The van der Waals surface area contributed by atoms with E-state index in [4.69, 9.17) is 9.47 Å². The Balaban J connectivity index is 2.44. The molecule has 0 spiro atoms. The number of aliphatic hydroxyl groups excluding tert-OH is 3. The number of rotatable bonds is 1. The largest absolute Gasteiger partial charge is 0.510 e. The number of carbonyl (C=O) groups excluding carboxylic acids is 1. The number of benzene rings is 1. The Morgan fingerprint density at radius 2 is 1.96 bits per heavy atom. The summed E-state index contributed by atoms with van der Waals surface area (Å²) < 4.78 is 10.5. The van der Waals surface area contributed by atoms with E-state index in [0.717, 1.165) is 0 Å². The highest BCUT2D eigenvalue weighted by atomic mass is 16.5. The van der Waals surface area contributed by atoms with Gasteiger partial charge in [-0.1, -0.05) is 12.2 Å². The molecular weight excluding hydrogens is 340 g/mol. The lowest BCUT2D eigenvalue weighted by molar-refractivity contribution is 0.0196. The summed E-state index contributed by atoms with van der Waals surface area (Å²) in [6, 6.07) is 2.88. The lowest BCUT2D eigenvalue weighted by atomic mass is 10.0. The molecule has 1 aliphatic rings. The molecule has 142 valence electrons. The fourth-order valence-corrected chi connectivity index (χ4v) is 2.64. The zero-order valence-corrected chi connectivity index (χ0v) is 14.8. The summed E-state index contributed by atoms with van der Waals surface area (Å²) >= 11 is 0. The summed E-state index contributed by atoms with van der Waals surface area (Å²) in [5.74, 6) is -0.912. The first-order valence-electron chi connectivity index (χ1n) is 8.37. The minimum absolute atomic E-state index is 0.000568. The summed E-state index contributed by atoms with van der Waals surface area (Å²) in [5.41, 5.74) is 0.358. The van der Waals surface area contributed by atoms with Gasteiger partial charge in [0.2, 0.25) is 0 Å². The van der Waals surface area contributed by atoms with Gasteiger partial charge >= 0.3 is 5.97 Å². The highest BCUT2D eigenvalue weighted by molar-refractivity contribution is 5.97. The molecular formula is C19H24O7. The van der Waals surface area contributed by atoms with Gasteiger partial charge in [-0.2, -0.15) is 0 Å². The van der Waals surface area contributed by atoms with Crippen LogP contribution in [0.15, 0.2) is 30.0 Å². The van der Waals surface area contributed by atoms with Crippen LogP contribution in [0.2, 0.25) is 0 Å². The van der Waals surface area contributed by atoms with Gasteiger partial charge in [-0.05, 0) is 43.9 Å². The third-order valence-corrected chi connectivity index (χ3v) is 4.14. The number of cyclic esters (lactones) is 1. The normalized spacial score (nSPS) is 28.1. The maximum atomic E-state index is 12.5. The SMILES string of the molecule is COc1cc(O)c2c(c1)/C=C/C[C@H](O)[C@H](O)/C(O)=C/CC[C@H](C)OC2=O. The lowest BCUT2D eigenvalue weighted by Gasteiger charge is -2.18. The maximum Gasteiger partial charge on any atom is 0.342 e. The van der Waals surface area contributed by atoms with Crippen molar-refractivity contribution in [1.82, 2.24) is 0 Å². The van der Waals surface area contributed by atoms with Crippen molar-refractivity contribution in [2.24, 2.45) is 0 Å². The molecule has 7 nitrogen and oxygen atoms in total. The number of hydrogen-bond donors (Lipinski definition) is 4. The van der Waals surface area contributed by atoms with Crippen molar-refractivity contribution >= 4 is 12.0 Å². The topological polar surface area (TPSA) is 116 Å². The molecule has 0 aliphatic carbocycles. The molecule has 1 aliphatic heterocycles. The predicted octanol–water partition coefficient (Wildman–Crippen LogP) is 2.31. The van der Waals surface area contributed by atoms with Crippen molar-refractivity contribution in [3.05, 3.63) is 41.2 Å². The van der Waals surface area contributed by atoms with E-state index in [1.165, 1.54) is 31.4 Å². The number of hydrogen-bond acceptors (Lipinski definition) is 7. The van der Waals surface area contributed by atoms with Gasteiger partial charge in [-0.15, -0.1) is 0 Å². The Morgan fingerprint density at radius 3 is 2.65 bits per heavy atom. The van der Waals surface area contributed by atoms with Crippen LogP contribution in [0, 0.1) is 0 Å².